The summed E-state index contributed by atoms with van der Waals surface area (Å²) < 4.78 is 0. The van der Waals surface area contributed by atoms with Crippen LogP contribution in [-0.2, 0) is 9.59 Å². The van der Waals surface area contributed by atoms with Crippen molar-refractivity contribution in [2.24, 2.45) is 11.8 Å². The van der Waals surface area contributed by atoms with E-state index in [1.165, 1.54) is 0 Å². The van der Waals surface area contributed by atoms with Gasteiger partial charge in [0.25, 0.3) is 0 Å². The summed E-state index contributed by atoms with van der Waals surface area (Å²) in [6, 6.07) is 0.0790. The lowest BCUT2D eigenvalue weighted by Gasteiger charge is -2.21. The van der Waals surface area contributed by atoms with Crippen LogP contribution in [0.5, 0.6) is 0 Å². The molecule has 20 heavy (non-hydrogen) atoms. The van der Waals surface area contributed by atoms with E-state index in [1.54, 1.807) is 6.92 Å². The second-order valence-corrected chi connectivity index (χ2v) is 5.83. The third kappa shape index (κ3) is 6.92. The van der Waals surface area contributed by atoms with Gasteiger partial charge in [-0.2, -0.15) is 0 Å². The molecule has 117 valence electrons. The monoisotopic (exact) mass is 283 g/mol. The van der Waals surface area contributed by atoms with E-state index in [-0.39, 0.29) is 23.8 Å². The highest BCUT2D eigenvalue weighted by Gasteiger charge is 2.24. The first kappa shape index (κ1) is 18.9. The highest BCUT2D eigenvalue weighted by molar-refractivity contribution is 6.13. The van der Waals surface area contributed by atoms with Gasteiger partial charge in [0.1, 0.15) is 5.92 Å². The first-order chi connectivity index (χ1) is 9.33. The Morgan fingerprint density at radius 1 is 1.00 bits per heavy atom. The van der Waals surface area contributed by atoms with Crippen LogP contribution < -0.4 is 10.6 Å². The lowest BCUT2D eigenvalue weighted by Crippen LogP contribution is -2.44. The third-order valence-corrected chi connectivity index (χ3v) is 4.16. The zero-order valence-corrected chi connectivity index (χ0v) is 13.9. The van der Waals surface area contributed by atoms with Crippen molar-refractivity contribution in [3.8, 4) is 0 Å². The van der Waals surface area contributed by atoms with Gasteiger partial charge in [0.15, 0.2) is 0 Å². The van der Waals surface area contributed by atoms with E-state index >= 15 is 0 Å². The van der Waals surface area contributed by atoms with Gasteiger partial charge in [0, 0.05) is 12.6 Å². The first-order valence-electron chi connectivity index (χ1n) is 7.75. The van der Waals surface area contributed by atoms with Crippen molar-refractivity contribution in [3.05, 3.63) is 5.92 Å². The predicted octanol–water partition coefficient (Wildman–Crippen LogP) is 2.68. The van der Waals surface area contributed by atoms with Gasteiger partial charge in [0.2, 0.25) is 11.8 Å². The smallest absolute Gasteiger partial charge is 0.237 e. The fourth-order valence-electron chi connectivity index (χ4n) is 1.68. The number of carbonyl (C=O) groups is 2. The molecule has 0 bridgehead atoms. The molecule has 4 heteroatoms. The second kappa shape index (κ2) is 9.78. The van der Waals surface area contributed by atoms with E-state index in [4.69, 9.17) is 0 Å². The summed E-state index contributed by atoms with van der Waals surface area (Å²) in [5.74, 6) is 0.709. The van der Waals surface area contributed by atoms with Crippen LogP contribution in [0.15, 0.2) is 0 Å². The summed E-state index contributed by atoms with van der Waals surface area (Å²) in [6.07, 6.45) is 3.05. The van der Waals surface area contributed by atoms with Gasteiger partial charge >= 0.3 is 0 Å². The van der Waals surface area contributed by atoms with Gasteiger partial charge in [-0.05, 0) is 32.1 Å². The van der Waals surface area contributed by atoms with E-state index in [2.05, 4.69) is 38.3 Å². The normalized spacial score (nSPS) is 15.6. The van der Waals surface area contributed by atoms with Crippen LogP contribution in [0.2, 0.25) is 0 Å². The predicted molar refractivity (Wildman–Crippen MR) is 83.1 cm³/mol. The molecule has 2 N–H and O–H groups in total. The average molecular weight is 283 g/mol. The number of amides is 2. The fourth-order valence-corrected chi connectivity index (χ4v) is 1.68. The SMILES string of the molecule is CCC(C)CCNC(=O)[C](C)C(=O)NC(C)C(C)CC. The van der Waals surface area contributed by atoms with Crippen LogP contribution in [0.4, 0.5) is 0 Å². The summed E-state index contributed by atoms with van der Waals surface area (Å²) >= 11 is 0. The lowest BCUT2D eigenvalue weighted by atomic mass is 10.00. The van der Waals surface area contributed by atoms with E-state index in [9.17, 15) is 9.59 Å². The van der Waals surface area contributed by atoms with Gasteiger partial charge < -0.3 is 10.6 Å². The summed E-state index contributed by atoms with van der Waals surface area (Å²) in [5, 5.41) is 5.69. The molecule has 0 spiro atoms. The molecule has 1 radical (unpaired) electrons. The Labute approximate surface area is 124 Å². The Morgan fingerprint density at radius 3 is 2.10 bits per heavy atom. The van der Waals surface area contributed by atoms with Crippen LogP contribution in [-0.4, -0.2) is 24.4 Å². The maximum Gasteiger partial charge on any atom is 0.237 e. The minimum atomic E-state index is -0.265. The Morgan fingerprint density at radius 2 is 1.60 bits per heavy atom. The van der Waals surface area contributed by atoms with Gasteiger partial charge in [-0.1, -0.05) is 40.5 Å². The summed E-state index contributed by atoms with van der Waals surface area (Å²) in [4.78, 5) is 23.8. The Bertz CT molecular complexity index is 305. The highest BCUT2D eigenvalue weighted by atomic mass is 16.2. The maximum absolute atomic E-state index is 12.0. The summed E-state index contributed by atoms with van der Waals surface area (Å²) in [6.45, 7) is 12.6. The van der Waals surface area contributed by atoms with Crippen LogP contribution in [0.1, 0.15) is 60.8 Å². The molecule has 0 fully saturated rings. The van der Waals surface area contributed by atoms with Crippen LogP contribution in [0.3, 0.4) is 0 Å². The van der Waals surface area contributed by atoms with Crippen LogP contribution in [0, 0.1) is 17.8 Å². The van der Waals surface area contributed by atoms with Crippen molar-refractivity contribution in [3.63, 3.8) is 0 Å². The van der Waals surface area contributed by atoms with Crippen LogP contribution >= 0.6 is 0 Å². The van der Waals surface area contributed by atoms with E-state index in [1.807, 2.05) is 6.92 Å². The van der Waals surface area contributed by atoms with Crippen LogP contribution in [0.25, 0.3) is 0 Å². The maximum atomic E-state index is 12.0. The molecular formula is C16H31N2O2. The highest BCUT2D eigenvalue weighted by Crippen LogP contribution is 2.09. The zero-order chi connectivity index (χ0) is 15.7. The van der Waals surface area contributed by atoms with Crippen molar-refractivity contribution in [2.75, 3.05) is 6.54 Å². The fraction of sp³-hybridized carbons (Fsp3) is 0.812. The van der Waals surface area contributed by atoms with Crippen molar-refractivity contribution in [2.45, 2.75) is 66.8 Å². The molecule has 0 rings (SSSR count). The van der Waals surface area contributed by atoms with Gasteiger partial charge in [0.05, 0.1) is 0 Å². The first-order valence-corrected chi connectivity index (χ1v) is 7.75. The molecule has 0 aromatic heterocycles. The molecule has 0 saturated carbocycles. The number of carbonyl (C=O) groups excluding carboxylic acids is 2. The topological polar surface area (TPSA) is 58.2 Å². The van der Waals surface area contributed by atoms with E-state index in [0.717, 1.165) is 19.3 Å². The van der Waals surface area contributed by atoms with Gasteiger partial charge in [-0.25, -0.2) is 0 Å². The molecule has 0 aromatic rings. The van der Waals surface area contributed by atoms with Crippen molar-refractivity contribution in [1.82, 2.24) is 10.6 Å². The molecule has 0 aliphatic carbocycles. The minimum Gasteiger partial charge on any atom is -0.355 e. The molecule has 3 atom stereocenters. The Balaban J connectivity index is 4.13. The van der Waals surface area contributed by atoms with E-state index < -0.39 is 0 Å². The molecular weight excluding hydrogens is 252 g/mol. The molecule has 3 unspecified atom stereocenters. The summed E-state index contributed by atoms with van der Waals surface area (Å²) in [5.41, 5.74) is 0. The molecule has 0 heterocycles. The number of rotatable bonds is 9. The Kier molecular flexibility index (Phi) is 9.26. The molecule has 0 aliphatic rings. The minimum absolute atomic E-state index is 0.0790. The van der Waals surface area contributed by atoms with E-state index in [0.29, 0.717) is 18.4 Å². The molecule has 0 saturated heterocycles. The van der Waals surface area contributed by atoms with Crippen molar-refractivity contribution >= 4 is 11.8 Å². The summed E-state index contributed by atoms with van der Waals surface area (Å²) in [7, 11) is 0. The quantitative estimate of drug-likeness (QED) is 0.639. The van der Waals surface area contributed by atoms with Gasteiger partial charge in [-0.3, -0.25) is 9.59 Å². The van der Waals surface area contributed by atoms with Crippen molar-refractivity contribution in [1.29, 1.82) is 0 Å². The molecule has 0 aromatic carbocycles. The second-order valence-electron chi connectivity index (χ2n) is 5.83. The standard InChI is InChI=1S/C16H31N2O2/c1-7-11(3)9-10-17-15(19)13(5)16(20)18-14(6)12(4)8-2/h11-12,14H,7-10H2,1-6H3,(H,17,19)(H,18,20). The Hall–Kier alpha value is -1.06. The molecule has 0 aliphatic heterocycles. The third-order valence-electron chi connectivity index (χ3n) is 4.16. The molecule has 4 nitrogen and oxygen atoms in total. The number of nitrogens with one attached hydrogen (secondary N) is 2. The van der Waals surface area contributed by atoms with Crippen molar-refractivity contribution < 1.29 is 9.59 Å². The largest absolute Gasteiger partial charge is 0.355 e. The lowest BCUT2D eigenvalue weighted by molar-refractivity contribution is -0.127. The number of hydrogen-bond acceptors (Lipinski definition) is 2. The average Bonchev–Trinajstić information content (AvgIpc) is 2.44. The molecule has 2 amide bonds. The van der Waals surface area contributed by atoms with Gasteiger partial charge in [-0.15, -0.1) is 0 Å². The number of hydrogen-bond donors (Lipinski definition) is 2. The zero-order valence-electron chi connectivity index (χ0n) is 13.9.